The predicted octanol–water partition coefficient (Wildman–Crippen LogP) is 5.03. The first-order valence-corrected chi connectivity index (χ1v) is 9.25. The molecule has 1 fully saturated rings. The van der Waals surface area contributed by atoms with Crippen LogP contribution in [-0.4, -0.2) is 33.7 Å². The van der Waals surface area contributed by atoms with Gasteiger partial charge in [0.05, 0.1) is 0 Å². The molecule has 0 spiro atoms. The summed E-state index contributed by atoms with van der Waals surface area (Å²) in [5, 5.41) is 19.7. The summed E-state index contributed by atoms with van der Waals surface area (Å²) < 4.78 is 0. The van der Waals surface area contributed by atoms with Gasteiger partial charge in [0.15, 0.2) is 0 Å². The summed E-state index contributed by atoms with van der Waals surface area (Å²) in [6.45, 7) is 9.19. The minimum Gasteiger partial charge on any atom is -0.508 e. The van der Waals surface area contributed by atoms with Crippen molar-refractivity contribution in [2.24, 2.45) is 0 Å². The quantitative estimate of drug-likeness (QED) is 0.693. The number of rotatable bonds is 7. The maximum atomic E-state index is 9.86. The molecule has 1 aromatic rings. The summed E-state index contributed by atoms with van der Waals surface area (Å²) in [7, 11) is 0. The molecule has 0 aliphatic carbocycles. The number of nitrogens with zero attached hydrogens (tertiary/aromatic N) is 1. The van der Waals surface area contributed by atoms with Crippen molar-refractivity contribution in [1.82, 2.24) is 4.90 Å². The molecule has 3 nitrogen and oxygen atoms in total. The van der Waals surface area contributed by atoms with Crippen LogP contribution < -0.4 is 0 Å². The van der Waals surface area contributed by atoms with Gasteiger partial charge in [0, 0.05) is 11.6 Å². The van der Waals surface area contributed by atoms with Crippen molar-refractivity contribution >= 4 is 0 Å². The summed E-state index contributed by atoms with van der Waals surface area (Å²) in [4.78, 5) is 2.65. The van der Waals surface area contributed by atoms with Crippen LogP contribution in [0.15, 0.2) is 18.2 Å². The van der Waals surface area contributed by atoms with Crippen molar-refractivity contribution < 1.29 is 10.2 Å². The van der Waals surface area contributed by atoms with Gasteiger partial charge in [0.1, 0.15) is 11.5 Å². The molecule has 2 atom stereocenters. The first-order valence-electron chi connectivity index (χ1n) is 9.25. The van der Waals surface area contributed by atoms with Gasteiger partial charge in [0.2, 0.25) is 0 Å². The van der Waals surface area contributed by atoms with E-state index < -0.39 is 0 Å². The van der Waals surface area contributed by atoms with Gasteiger partial charge in [-0.25, -0.2) is 0 Å². The smallest absolute Gasteiger partial charge is 0.119 e. The Bertz CT molecular complexity index is 476. The fourth-order valence-electron chi connectivity index (χ4n) is 4.01. The van der Waals surface area contributed by atoms with Gasteiger partial charge in [-0.2, -0.15) is 0 Å². The Labute approximate surface area is 141 Å². The fraction of sp³-hybridized carbons (Fsp3) is 0.700. The molecule has 0 saturated carbocycles. The van der Waals surface area contributed by atoms with Crippen molar-refractivity contribution in [3.05, 3.63) is 23.8 Å². The largest absolute Gasteiger partial charge is 0.508 e. The first kappa shape index (κ1) is 18.1. The number of unbranched alkanes of at least 4 members (excludes halogenated alkanes) is 2. The van der Waals surface area contributed by atoms with E-state index in [1.165, 1.54) is 51.0 Å². The average molecular weight is 319 g/mol. The van der Waals surface area contributed by atoms with Crippen molar-refractivity contribution in [3.63, 3.8) is 0 Å². The second-order valence-corrected chi connectivity index (χ2v) is 7.37. The van der Waals surface area contributed by atoms with Gasteiger partial charge in [0.25, 0.3) is 0 Å². The molecule has 130 valence electrons. The summed E-state index contributed by atoms with van der Waals surface area (Å²) in [6.07, 6.45) is 8.79. The van der Waals surface area contributed by atoms with Crippen molar-refractivity contribution in [2.75, 3.05) is 13.1 Å². The lowest BCUT2D eigenvalue weighted by Gasteiger charge is -2.48. The van der Waals surface area contributed by atoms with Crippen LogP contribution in [0.25, 0.3) is 0 Å². The lowest BCUT2D eigenvalue weighted by atomic mass is 9.76. The van der Waals surface area contributed by atoms with Crippen LogP contribution in [0.4, 0.5) is 0 Å². The Morgan fingerprint density at radius 1 is 1.04 bits per heavy atom. The number of piperidine rings is 1. The van der Waals surface area contributed by atoms with Crippen LogP contribution in [-0.2, 0) is 0 Å². The topological polar surface area (TPSA) is 43.7 Å². The summed E-state index contributed by atoms with van der Waals surface area (Å²) in [5.74, 6) is 0.582. The molecule has 0 bridgehead atoms. The molecule has 23 heavy (non-hydrogen) atoms. The summed E-state index contributed by atoms with van der Waals surface area (Å²) >= 11 is 0. The number of phenols is 2. The number of hydrogen-bond acceptors (Lipinski definition) is 3. The van der Waals surface area contributed by atoms with E-state index >= 15 is 0 Å². The monoisotopic (exact) mass is 319 g/mol. The highest BCUT2D eigenvalue weighted by atomic mass is 16.3. The Kier molecular flexibility index (Phi) is 6.34. The van der Waals surface area contributed by atoms with E-state index in [-0.39, 0.29) is 23.0 Å². The molecular formula is C20H33NO2. The van der Waals surface area contributed by atoms with E-state index in [2.05, 4.69) is 25.7 Å². The van der Waals surface area contributed by atoms with Gasteiger partial charge in [-0.15, -0.1) is 0 Å². The molecule has 2 unspecified atom stereocenters. The molecule has 2 rings (SSSR count). The first-order chi connectivity index (χ1) is 11.0. The molecular weight excluding hydrogens is 286 g/mol. The van der Waals surface area contributed by atoms with E-state index in [0.29, 0.717) is 0 Å². The standard InChI is InChI=1S/C20H33NO2/c1-4-5-7-10-20(3,21-11-8-6-9-12-21)16(2)17-13-18(22)15-19(23)14-17/h13-16,22-23H,4-12H2,1-3H3. The lowest BCUT2D eigenvalue weighted by molar-refractivity contribution is 0.0512. The van der Waals surface area contributed by atoms with Gasteiger partial charge in [-0.1, -0.05) is 39.5 Å². The number of benzene rings is 1. The van der Waals surface area contributed by atoms with Crippen LogP contribution in [0.1, 0.15) is 77.2 Å². The van der Waals surface area contributed by atoms with E-state index in [0.717, 1.165) is 18.7 Å². The molecule has 2 N–H and O–H groups in total. The molecule has 1 aliphatic heterocycles. The van der Waals surface area contributed by atoms with Crippen LogP contribution in [0.5, 0.6) is 11.5 Å². The van der Waals surface area contributed by atoms with E-state index in [4.69, 9.17) is 0 Å². The number of hydrogen-bond donors (Lipinski definition) is 2. The third kappa shape index (κ3) is 4.41. The number of likely N-dealkylation sites (tertiary alicyclic amines) is 1. The normalized spacial score (nSPS) is 20.1. The van der Waals surface area contributed by atoms with Crippen molar-refractivity contribution in [1.29, 1.82) is 0 Å². The Hall–Kier alpha value is -1.22. The lowest BCUT2D eigenvalue weighted by Crippen LogP contribution is -2.52. The zero-order chi connectivity index (χ0) is 16.9. The van der Waals surface area contributed by atoms with Gasteiger partial charge >= 0.3 is 0 Å². The second kappa shape index (κ2) is 8.05. The Balaban J connectivity index is 2.26. The maximum absolute atomic E-state index is 9.86. The van der Waals surface area contributed by atoms with Crippen LogP contribution in [0.3, 0.4) is 0 Å². The number of phenolic OH excluding ortho intramolecular Hbond substituents is 2. The molecule has 1 saturated heterocycles. The molecule has 1 aromatic carbocycles. The van der Waals surface area contributed by atoms with E-state index in [9.17, 15) is 10.2 Å². The molecule has 3 heteroatoms. The highest BCUT2D eigenvalue weighted by Crippen LogP contribution is 2.40. The van der Waals surface area contributed by atoms with Crippen LogP contribution >= 0.6 is 0 Å². The molecule has 0 radical (unpaired) electrons. The van der Waals surface area contributed by atoms with Crippen LogP contribution in [0, 0.1) is 0 Å². The average Bonchev–Trinajstić information content (AvgIpc) is 2.54. The number of aromatic hydroxyl groups is 2. The Morgan fingerprint density at radius 2 is 1.65 bits per heavy atom. The molecule has 1 aliphatic rings. The maximum Gasteiger partial charge on any atom is 0.119 e. The summed E-state index contributed by atoms with van der Waals surface area (Å²) in [6, 6.07) is 5.03. The highest BCUT2D eigenvalue weighted by molar-refractivity contribution is 5.39. The summed E-state index contributed by atoms with van der Waals surface area (Å²) in [5.41, 5.74) is 1.11. The zero-order valence-electron chi connectivity index (χ0n) is 15.0. The SMILES string of the molecule is CCCCCC(C)(C(C)c1cc(O)cc(O)c1)N1CCCCC1. The minimum absolute atomic E-state index is 0.0792. The van der Waals surface area contributed by atoms with Gasteiger partial charge in [-0.05, 0) is 62.9 Å². The second-order valence-electron chi connectivity index (χ2n) is 7.37. The molecule has 0 aromatic heterocycles. The minimum atomic E-state index is 0.0792. The fourth-order valence-corrected chi connectivity index (χ4v) is 4.01. The zero-order valence-corrected chi connectivity index (χ0v) is 15.0. The molecule has 0 amide bonds. The third-order valence-corrected chi connectivity index (χ3v) is 5.72. The van der Waals surface area contributed by atoms with Crippen LogP contribution in [0.2, 0.25) is 0 Å². The highest BCUT2D eigenvalue weighted by Gasteiger charge is 2.38. The Morgan fingerprint density at radius 3 is 2.22 bits per heavy atom. The van der Waals surface area contributed by atoms with Crippen molar-refractivity contribution in [2.45, 2.75) is 77.2 Å². The van der Waals surface area contributed by atoms with Gasteiger partial charge in [-0.3, -0.25) is 4.90 Å². The third-order valence-electron chi connectivity index (χ3n) is 5.72. The van der Waals surface area contributed by atoms with E-state index in [1.54, 1.807) is 0 Å². The van der Waals surface area contributed by atoms with Crippen molar-refractivity contribution in [3.8, 4) is 11.5 Å². The van der Waals surface area contributed by atoms with Gasteiger partial charge < -0.3 is 10.2 Å². The molecule has 1 heterocycles. The van der Waals surface area contributed by atoms with E-state index in [1.807, 2.05) is 12.1 Å². The predicted molar refractivity (Wildman–Crippen MR) is 96.2 cm³/mol.